The predicted molar refractivity (Wildman–Crippen MR) is 52.9 cm³/mol. The highest BCUT2D eigenvalue weighted by Crippen LogP contribution is 2.05. The molecule has 2 aromatic rings. The monoisotopic (exact) mass is 189 g/mol. The number of aryl methyl sites for hydroxylation is 2. The maximum atomic E-state index is 2.17. The Morgan fingerprint density at radius 3 is 2.57 bits per heavy atom. The summed E-state index contributed by atoms with van der Waals surface area (Å²) in [4.78, 5) is 0. The molecule has 0 saturated heterocycles. The molecule has 0 saturated carbocycles. The molecule has 0 unspecified atom stereocenters. The van der Waals surface area contributed by atoms with Gasteiger partial charge in [-0.15, -0.1) is 0 Å². The molecular formula is C11H15N3+2. The summed E-state index contributed by atoms with van der Waals surface area (Å²) in [6, 6.07) is 4.15. The van der Waals surface area contributed by atoms with Gasteiger partial charge in [0.2, 0.25) is 6.20 Å². The predicted octanol–water partition coefficient (Wildman–Crippen LogP) is 0.435. The summed E-state index contributed by atoms with van der Waals surface area (Å²) < 4.78 is 6.32. The Bertz CT molecular complexity index is 457. The van der Waals surface area contributed by atoms with Crippen LogP contribution in [-0.2, 0) is 14.1 Å². The van der Waals surface area contributed by atoms with E-state index < -0.39 is 0 Å². The molecule has 3 nitrogen and oxygen atoms in total. The first-order chi connectivity index (χ1) is 6.68. The third-order valence-corrected chi connectivity index (χ3v) is 2.50. The summed E-state index contributed by atoms with van der Waals surface area (Å²) in [5.41, 5.74) is 1.19. The van der Waals surface area contributed by atoms with Crippen molar-refractivity contribution in [2.75, 3.05) is 0 Å². The van der Waals surface area contributed by atoms with Crippen molar-refractivity contribution in [2.24, 2.45) is 14.1 Å². The molecule has 3 heteroatoms. The minimum atomic E-state index is 1.19. The fourth-order valence-corrected chi connectivity index (χ4v) is 1.54. The number of nitrogens with zero attached hydrogens (tertiary/aromatic N) is 3. The molecule has 0 spiro atoms. The number of imidazole rings is 1. The highest BCUT2D eigenvalue weighted by atomic mass is 15.1. The maximum absolute atomic E-state index is 2.17. The zero-order valence-electron chi connectivity index (χ0n) is 8.81. The first-order valence-corrected chi connectivity index (χ1v) is 4.68. The van der Waals surface area contributed by atoms with E-state index in [2.05, 4.69) is 58.4 Å². The summed E-state index contributed by atoms with van der Waals surface area (Å²) in [7, 11) is 4.08. The molecule has 0 radical (unpaired) electrons. The Morgan fingerprint density at radius 1 is 1.21 bits per heavy atom. The summed E-state index contributed by atoms with van der Waals surface area (Å²) >= 11 is 0. The first-order valence-electron chi connectivity index (χ1n) is 4.68. The second kappa shape index (κ2) is 3.25. The van der Waals surface area contributed by atoms with E-state index >= 15 is 0 Å². The average molecular weight is 189 g/mol. The number of pyridine rings is 1. The number of rotatable bonds is 1. The van der Waals surface area contributed by atoms with Crippen molar-refractivity contribution in [3.8, 4) is 5.69 Å². The lowest BCUT2D eigenvalue weighted by atomic mass is 10.4. The molecule has 0 aromatic carbocycles. The van der Waals surface area contributed by atoms with Crippen LogP contribution in [0.3, 0.4) is 0 Å². The van der Waals surface area contributed by atoms with Crippen LogP contribution in [0.1, 0.15) is 5.82 Å². The van der Waals surface area contributed by atoms with Crippen molar-refractivity contribution in [3.05, 3.63) is 42.7 Å². The van der Waals surface area contributed by atoms with E-state index in [1.807, 2.05) is 13.2 Å². The van der Waals surface area contributed by atoms with Crippen LogP contribution >= 0.6 is 0 Å². The lowest BCUT2D eigenvalue weighted by Crippen LogP contribution is -2.30. The zero-order chi connectivity index (χ0) is 10.1. The third kappa shape index (κ3) is 1.41. The Labute approximate surface area is 83.9 Å². The standard InChI is InChI=1S/C11H15N3/c1-10-13(3)7-8-14(10)11-5-4-6-12(2)9-11/h4-9H,1-3H3/q+2. The second-order valence-electron chi connectivity index (χ2n) is 3.55. The van der Waals surface area contributed by atoms with Gasteiger partial charge in [0, 0.05) is 13.0 Å². The van der Waals surface area contributed by atoms with Gasteiger partial charge in [0.1, 0.15) is 19.4 Å². The Balaban J connectivity index is 2.55. The smallest absolute Gasteiger partial charge is 0.237 e. The van der Waals surface area contributed by atoms with Gasteiger partial charge in [-0.05, 0) is 6.07 Å². The van der Waals surface area contributed by atoms with E-state index in [0.29, 0.717) is 0 Å². The number of hydrogen-bond donors (Lipinski definition) is 0. The van der Waals surface area contributed by atoms with Gasteiger partial charge in [0.15, 0.2) is 11.9 Å². The maximum Gasteiger partial charge on any atom is 0.258 e. The molecule has 2 rings (SSSR count). The lowest BCUT2D eigenvalue weighted by Gasteiger charge is -1.95. The van der Waals surface area contributed by atoms with Gasteiger partial charge in [0.25, 0.3) is 5.82 Å². The van der Waals surface area contributed by atoms with E-state index in [-0.39, 0.29) is 0 Å². The molecule has 0 N–H and O–H groups in total. The van der Waals surface area contributed by atoms with E-state index in [4.69, 9.17) is 0 Å². The number of aromatic nitrogens is 3. The van der Waals surface area contributed by atoms with Crippen molar-refractivity contribution in [3.63, 3.8) is 0 Å². The van der Waals surface area contributed by atoms with Crippen LogP contribution < -0.4 is 9.13 Å². The van der Waals surface area contributed by atoms with Gasteiger partial charge in [-0.1, -0.05) is 0 Å². The van der Waals surface area contributed by atoms with E-state index in [0.717, 1.165) is 0 Å². The highest BCUT2D eigenvalue weighted by molar-refractivity contribution is 5.26. The molecule has 0 atom stereocenters. The van der Waals surface area contributed by atoms with Crippen LogP contribution in [0.4, 0.5) is 0 Å². The molecule has 0 fully saturated rings. The first kappa shape index (κ1) is 8.94. The van der Waals surface area contributed by atoms with Crippen LogP contribution in [0.5, 0.6) is 0 Å². The molecule has 14 heavy (non-hydrogen) atoms. The van der Waals surface area contributed by atoms with Gasteiger partial charge < -0.3 is 0 Å². The summed E-state index contributed by atoms with van der Waals surface area (Å²) in [5, 5.41) is 0. The van der Waals surface area contributed by atoms with Gasteiger partial charge in [0.05, 0.1) is 7.05 Å². The Morgan fingerprint density at radius 2 is 2.00 bits per heavy atom. The van der Waals surface area contributed by atoms with Gasteiger partial charge in [-0.25, -0.2) is 9.13 Å². The van der Waals surface area contributed by atoms with Crippen LogP contribution in [0.2, 0.25) is 0 Å². The Hall–Kier alpha value is -1.64. The molecule has 2 heterocycles. The van der Waals surface area contributed by atoms with Gasteiger partial charge in [-0.3, -0.25) is 0 Å². The highest BCUT2D eigenvalue weighted by Gasteiger charge is 2.12. The zero-order valence-corrected chi connectivity index (χ0v) is 8.81. The second-order valence-corrected chi connectivity index (χ2v) is 3.55. The molecular weight excluding hydrogens is 174 g/mol. The van der Waals surface area contributed by atoms with E-state index in [1.54, 1.807) is 0 Å². The van der Waals surface area contributed by atoms with Crippen molar-refractivity contribution in [2.45, 2.75) is 6.92 Å². The van der Waals surface area contributed by atoms with Gasteiger partial charge in [-0.2, -0.15) is 4.57 Å². The quantitative estimate of drug-likeness (QED) is 0.577. The molecule has 0 aliphatic rings. The van der Waals surface area contributed by atoms with Gasteiger partial charge >= 0.3 is 0 Å². The SMILES string of the molecule is Cc1n(-c2ccc[n+](C)c2)cc[n+]1C. The molecule has 2 aromatic heterocycles. The minimum Gasteiger partial charge on any atom is -0.237 e. The summed E-state index contributed by atoms with van der Waals surface area (Å²) in [6.07, 6.45) is 8.27. The molecule has 0 bridgehead atoms. The van der Waals surface area contributed by atoms with Crippen LogP contribution in [0.15, 0.2) is 36.9 Å². The van der Waals surface area contributed by atoms with Crippen molar-refractivity contribution in [1.82, 2.24) is 4.57 Å². The molecule has 0 aliphatic carbocycles. The largest absolute Gasteiger partial charge is 0.258 e. The molecule has 72 valence electrons. The van der Waals surface area contributed by atoms with Crippen molar-refractivity contribution < 1.29 is 9.13 Å². The fourth-order valence-electron chi connectivity index (χ4n) is 1.54. The van der Waals surface area contributed by atoms with Crippen molar-refractivity contribution >= 4 is 0 Å². The third-order valence-electron chi connectivity index (χ3n) is 2.50. The van der Waals surface area contributed by atoms with Crippen LogP contribution in [0, 0.1) is 6.92 Å². The summed E-state index contributed by atoms with van der Waals surface area (Å²) in [6.45, 7) is 2.10. The topological polar surface area (TPSA) is 12.7 Å². The van der Waals surface area contributed by atoms with Crippen LogP contribution in [-0.4, -0.2) is 4.57 Å². The number of hydrogen-bond acceptors (Lipinski definition) is 0. The molecule has 0 amide bonds. The van der Waals surface area contributed by atoms with E-state index in [9.17, 15) is 0 Å². The van der Waals surface area contributed by atoms with E-state index in [1.165, 1.54) is 11.5 Å². The molecule has 0 aliphatic heterocycles. The van der Waals surface area contributed by atoms with Crippen molar-refractivity contribution in [1.29, 1.82) is 0 Å². The fraction of sp³-hybridized carbons (Fsp3) is 0.273. The lowest BCUT2D eigenvalue weighted by molar-refractivity contribution is -0.677. The normalized spacial score (nSPS) is 10.5. The summed E-state index contributed by atoms with van der Waals surface area (Å²) in [5.74, 6) is 1.22. The van der Waals surface area contributed by atoms with Crippen LogP contribution in [0.25, 0.3) is 5.69 Å². The minimum absolute atomic E-state index is 1.19. The average Bonchev–Trinajstić information content (AvgIpc) is 2.48. The Kier molecular flexibility index (Phi) is 2.08.